The van der Waals surface area contributed by atoms with E-state index in [1.54, 1.807) is 4.90 Å². The zero-order valence-electron chi connectivity index (χ0n) is 14.7. The molecule has 2 amide bonds. The maximum atomic E-state index is 12.4. The van der Waals surface area contributed by atoms with E-state index in [9.17, 15) is 9.90 Å². The zero-order chi connectivity index (χ0) is 17.7. The van der Waals surface area contributed by atoms with Gasteiger partial charge >= 0.3 is 6.03 Å². The van der Waals surface area contributed by atoms with Crippen molar-refractivity contribution in [1.82, 2.24) is 14.7 Å². The quantitative estimate of drug-likeness (QED) is 0.878. The van der Waals surface area contributed by atoms with Crippen molar-refractivity contribution in [2.75, 3.05) is 25.0 Å². The van der Waals surface area contributed by atoms with Crippen LogP contribution in [0.4, 0.5) is 10.6 Å². The number of carbonyl (C=O) groups is 1. The van der Waals surface area contributed by atoms with Crippen molar-refractivity contribution in [3.05, 3.63) is 48.2 Å². The summed E-state index contributed by atoms with van der Waals surface area (Å²) in [5.74, 6) is 0.565. The Morgan fingerprint density at radius 1 is 1.24 bits per heavy atom. The Kier molecular flexibility index (Phi) is 5.38. The first-order valence-corrected chi connectivity index (χ1v) is 8.88. The number of nitrogens with zero attached hydrogens (tertiary/aromatic N) is 3. The molecule has 0 radical (unpaired) electrons. The normalized spacial score (nSPS) is 16.6. The van der Waals surface area contributed by atoms with Gasteiger partial charge in [-0.1, -0.05) is 37.3 Å². The summed E-state index contributed by atoms with van der Waals surface area (Å²) in [7, 11) is 0. The van der Waals surface area contributed by atoms with Crippen LogP contribution in [-0.2, 0) is 6.54 Å². The second kappa shape index (κ2) is 7.70. The minimum Gasteiger partial charge on any atom is -0.396 e. The summed E-state index contributed by atoms with van der Waals surface area (Å²) < 4.78 is 1.81. The van der Waals surface area contributed by atoms with Gasteiger partial charge in [0.2, 0.25) is 0 Å². The minimum absolute atomic E-state index is 0.0198. The van der Waals surface area contributed by atoms with E-state index in [4.69, 9.17) is 0 Å². The molecule has 0 bridgehead atoms. The van der Waals surface area contributed by atoms with Crippen molar-refractivity contribution in [3.8, 4) is 0 Å². The van der Waals surface area contributed by atoms with Crippen LogP contribution in [0.25, 0.3) is 0 Å². The molecule has 0 atom stereocenters. The summed E-state index contributed by atoms with van der Waals surface area (Å²) >= 11 is 0. The monoisotopic (exact) mass is 342 g/mol. The highest BCUT2D eigenvalue weighted by Gasteiger charge is 2.33. The van der Waals surface area contributed by atoms with Crippen LogP contribution < -0.4 is 5.32 Å². The van der Waals surface area contributed by atoms with Crippen molar-refractivity contribution in [2.24, 2.45) is 5.41 Å². The number of hydrogen-bond acceptors (Lipinski definition) is 3. The Morgan fingerprint density at radius 3 is 2.60 bits per heavy atom. The molecule has 25 heavy (non-hydrogen) atoms. The zero-order valence-corrected chi connectivity index (χ0v) is 14.7. The van der Waals surface area contributed by atoms with Crippen LogP contribution in [0.1, 0.15) is 31.7 Å². The molecule has 0 unspecified atom stereocenters. The predicted molar refractivity (Wildman–Crippen MR) is 97.4 cm³/mol. The lowest BCUT2D eigenvalue weighted by atomic mass is 9.77. The summed E-state index contributed by atoms with van der Waals surface area (Å²) in [4.78, 5) is 14.2. The van der Waals surface area contributed by atoms with E-state index in [1.165, 1.54) is 5.56 Å². The lowest BCUT2D eigenvalue weighted by molar-refractivity contribution is 0.0542. The number of carbonyl (C=O) groups excluding carboxylic acids is 1. The Labute approximate surface area is 148 Å². The number of hydrogen-bond donors (Lipinski definition) is 2. The molecule has 3 rings (SSSR count). The molecule has 2 aromatic rings. The molecule has 1 aromatic carbocycles. The molecule has 2 N–H and O–H groups in total. The molecule has 2 heterocycles. The molecular formula is C19H26N4O2. The van der Waals surface area contributed by atoms with Crippen LogP contribution >= 0.6 is 0 Å². The molecule has 1 fully saturated rings. The highest BCUT2D eigenvalue weighted by Crippen LogP contribution is 2.34. The molecular weight excluding hydrogens is 316 g/mol. The fraction of sp³-hybridized carbons (Fsp3) is 0.474. The topological polar surface area (TPSA) is 70.4 Å². The van der Waals surface area contributed by atoms with Gasteiger partial charge in [0.05, 0.1) is 6.54 Å². The van der Waals surface area contributed by atoms with Crippen molar-refractivity contribution < 1.29 is 9.90 Å². The number of rotatable bonds is 5. The van der Waals surface area contributed by atoms with Crippen LogP contribution in [0.2, 0.25) is 0 Å². The van der Waals surface area contributed by atoms with E-state index in [0.717, 1.165) is 19.3 Å². The maximum absolute atomic E-state index is 12.4. The van der Waals surface area contributed by atoms with E-state index in [-0.39, 0.29) is 18.1 Å². The summed E-state index contributed by atoms with van der Waals surface area (Å²) in [6.45, 7) is 4.32. The highest BCUT2D eigenvalue weighted by molar-refractivity contribution is 5.88. The number of amides is 2. The van der Waals surface area contributed by atoms with Crippen LogP contribution in [0.3, 0.4) is 0 Å². The average Bonchev–Trinajstić information content (AvgIpc) is 3.09. The van der Waals surface area contributed by atoms with E-state index in [2.05, 4.69) is 29.5 Å². The number of likely N-dealkylation sites (tertiary alicyclic amines) is 1. The maximum Gasteiger partial charge on any atom is 0.323 e. The molecule has 1 aromatic heterocycles. The molecule has 1 aliphatic heterocycles. The molecule has 1 saturated heterocycles. The fourth-order valence-electron chi connectivity index (χ4n) is 3.28. The van der Waals surface area contributed by atoms with Gasteiger partial charge in [0.25, 0.3) is 0 Å². The van der Waals surface area contributed by atoms with Crippen LogP contribution in [0.5, 0.6) is 0 Å². The first kappa shape index (κ1) is 17.5. The minimum atomic E-state index is -0.118. The lowest BCUT2D eigenvalue weighted by Crippen LogP contribution is -2.46. The van der Waals surface area contributed by atoms with Crippen LogP contribution in [0, 0.1) is 5.41 Å². The second-order valence-corrected chi connectivity index (χ2v) is 6.81. The molecule has 0 aliphatic carbocycles. The van der Waals surface area contributed by atoms with Crippen molar-refractivity contribution >= 4 is 11.8 Å². The molecule has 134 valence electrons. The van der Waals surface area contributed by atoms with Gasteiger partial charge in [0.15, 0.2) is 5.82 Å². The van der Waals surface area contributed by atoms with Gasteiger partial charge < -0.3 is 10.0 Å². The van der Waals surface area contributed by atoms with Gasteiger partial charge in [-0.05, 0) is 30.2 Å². The van der Waals surface area contributed by atoms with Crippen LogP contribution in [-0.4, -0.2) is 45.5 Å². The molecule has 1 aliphatic rings. The van der Waals surface area contributed by atoms with Gasteiger partial charge in [0.1, 0.15) is 0 Å². The lowest BCUT2D eigenvalue weighted by Gasteiger charge is -2.40. The Bertz CT molecular complexity index is 684. The SMILES string of the molecule is CCC1(CO)CCN(C(=O)Nc2ccn(Cc3ccccc3)n2)CC1. The Morgan fingerprint density at radius 2 is 1.96 bits per heavy atom. The number of aliphatic hydroxyl groups excluding tert-OH is 1. The number of piperidine rings is 1. The van der Waals surface area contributed by atoms with Gasteiger partial charge in [0, 0.05) is 32.0 Å². The summed E-state index contributed by atoms with van der Waals surface area (Å²) in [5, 5.41) is 16.9. The average molecular weight is 342 g/mol. The van der Waals surface area contributed by atoms with Crippen molar-refractivity contribution in [3.63, 3.8) is 0 Å². The van der Waals surface area contributed by atoms with E-state index in [0.29, 0.717) is 25.5 Å². The number of benzene rings is 1. The van der Waals surface area contributed by atoms with E-state index in [1.807, 2.05) is 35.1 Å². The standard InChI is InChI=1S/C19H26N4O2/c1-2-19(15-24)9-12-22(13-10-19)18(25)20-17-8-11-23(21-17)14-16-6-4-3-5-7-16/h3-8,11,24H,2,9-10,12-15H2,1H3,(H,20,21,25). The predicted octanol–water partition coefficient (Wildman–Crippen LogP) is 2.95. The highest BCUT2D eigenvalue weighted by atomic mass is 16.3. The van der Waals surface area contributed by atoms with Crippen LogP contribution in [0.15, 0.2) is 42.6 Å². The van der Waals surface area contributed by atoms with Gasteiger partial charge in [-0.25, -0.2) is 4.79 Å². The second-order valence-electron chi connectivity index (χ2n) is 6.81. The van der Waals surface area contributed by atoms with Crippen molar-refractivity contribution in [1.29, 1.82) is 0 Å². The van der Waals surface area contributed by atoms with Gasteiger partial charge in [-0.3, -0.25) is 10.00 Å². The molecule has 6 heteroatoms. The number of urea groups is 1. The summed E-state index contributed by atoms with van der Waals surface area (Å²) in [5.41, 5.74) is 1.15. The largest absolute Gasteiger partial charge is 0.396 e. The Balaban J connectivity index is 1.54. The smallest absolute Gasteiger partial charge is 0.323 e. The first-order valence-electron chi connectivity index (χ1n) is 8.88. The van der Waals surface area contributed by atoms with Gasteiger partial charge in [-0.2, -0.15) is 5.10 Å². The molecule has 0 saturated carbocycles. The number of anilines is 1. The number of aliphatic hydroxyl groups is 1. The number of nitrogens with one attached hydrogen (secondary N) is 1. The molecule has 0 spiro atoms. The third kappa shape index (κ3) is 4.20. The third-order valence-corrected chi connectivity index (χ3v) is 5.26. The first-order chi connectivity index (χ1) is 12.1. The Hall–Kier alpha value is -2.34. The van der Waals surface area contributed by atoms with Crippen molar-refractivity contribution in [2.45, 2.75) is 32.7 Å². The molecule has 6 nitrogen and oxygen atoms in total. The third-order valence-electron chi connectivity index (χ3n) is 5.26. The van der Waals surface area contributed by atoms with Gasteiger partial charge in [-0.15, -0.1) is 0 Å². The van der Waals surface area contributed by atoms with E-state index < -0.39 is 0 Å². The number of aromatic nitrogens is 2. The van der Waals surface area contributed by atoms with E-state index >= 15 is 0 Å². The summed E-state index contributed by atoms with van der Waals surface area (Å²) in [6, 6.07) is 11.8. The fourth-order valence-corrected chi connectivity index (χ4v) is 3.28. The summed E-state index contributed by atoms with van der Waals surface area (Å²) in [6.07, 6.45) is 4.50.